The van der Waals surface area contributed by atoms with Gasteiger partial charge >= 0.3 is 5.97 Å². The van der Waals surface area contributed by atoms with Gasteiger partial charge in [0.1, 0.15) is 6.54 Å². The molecule has 0 aliphatic heterocycles. The molecule has 0 aromatic heterocycles. The van der Waals surface area contributed by atoms with E-state index in [0.29, 0.717) is 6.04 Å². The topological polar surface area (TPSA) is 40.5 Å². The minimum Gasteiger partial charge on any atom is -0.480 e. The lowest BCUT2D eigenvalue weighted by Crippen LogP contribution is -2.42. The Hall–Kier alpha value is -1.51. The van der Waals surface area contributed by atoms with Crippen LogP contribution in [0.25, 0.3) is 0 Å². The fourth-order valence-corrected chi connectivity index (χ4v) is 3.11. The average Bonchev–Trinajstić information content (AvgIpc) is 2.45. The SMILES string of the molecule is CCC1CCCC(N(CC(=O)O)c2ccccc2)C1. The highest BCUT2D eigenvalue weighted by Crippen LogP contribution is 2.32. The minimum absolute atomic E-state index is 0.102. The maximum atomic E-state index is 11.1. The van der Waals surface area contributed by atoms with Gasteiger partial charge in [-0.15, -0.1) is 0 Å². The molecular formula is C16H23NO2. The van der Waals surface area contributed by atoms with Crippen molar-refractivity contribution >= 4 is 11.7 Å². The monoisotopic (exact) mass is 261 g/mol. The van der Waals surface area contributed by atoms with Crippen molar-refractivity contribution in [2.45, 2.75) is 45.1 Å². The molecule has 0 radical (unpaired) electrons. The first-order chi connectivity index (χ1) is 9.20. The molecule has 0 bridgehead atoms. The molecule has 2 atom stereocenters. The van der Waals surface area contributed by atoms with Gasteiger partial charge in [0.25, 0.3) is 0 Å². The molecule has 0 heterocycles. The second-order valence-corrected chi connectivity index (χ2v) is 5.45. The number of rotatable bonds is 5. The summed E-state index contributed by atoms with van der Waals surface area (Å²) in [6.07, 6.45) is 5.94. The molecule has 3 heteroatoms. The van der Waals surface area contributed by atoms with Gasteiger partial charge in [-0.3, -0.25) is 4.79 Å². The number of benzene rings is 1. The molecule has 1 saturated carbocycles. The molecule has 2 unspecified atom stereocenters. The summed E-state index contributed by atoms with van der Waals surface area (Å²) in [4.78, 5) is 13.2. The van der Waals surface area contributed by atoms with E-state index >= 15 is 0 Å². The Bertz CT molecular complexity index is 404. The summed E-state index contributed by atoms with van der Waals surface area (Å²) < 4.78 is 0. The number of hydrogen-bond donors (Lipinski definition) is 1. The van der Waals surface area contributed by atoms with Crippen molar-refractivity contribution in [3.63, 3.8) is 0 Å². The first kappa shape index (κ1) is 13.9. The van der Waals surface area contributed by atoms with Crippen molar-refractivity contribution in [3.05, 3.63) is 30.3 Å². The number of nitrogens with zero attached hydrogens (tertiary/aromatic N) is 1. The van der Waals surface area contributed by atoms with Gasteiger partial charge in [-0.1, -0.05) is 44.4 Å². The lowest BCUT2D eigenvalue weighted by atomic mass is 9.83. The molecule has 1 aromatic rings. The highest BCUT2D eigenvalue weighted by Gasteiger charge is 2.27. The van der Waals surface area contributed by atoms with E-state index in [1.807, 2.05) is 30.3 Å². The van der Waals surface area contributed by atoms with Gasteiger partial charge in [0.05, 0.1) is 0 Å². The summed E-state index contributed by atoms with van der Waals surface area (Å²) in [5, 5.41) is 9.16. The predicted octanol–water partition coefficient (Wildman–Crippen LogP) is 3.55. The summed E-state index contributed by atoms with van der Waals surface area (Å²) in [6.45, 7) is 2.34. The van der Waals surface area contributed by atoms with E-state index in [9.17, 15) is 4.79 Å². The first-order valence-electron chi connectivity index (χ1n) is 7.24. The molecule has 0 amide bonds. The van der Waals surface area contributed by atoms with E-state index in [-0.39, 0.29) is 6.54 Å². The summed E-state index contributed by atoms with van der Waals surface area (Å²) in [6, 6.07) is 10.3. The second kappa shape index (κ2) is 6.60. The van der Waals surface area contributed by atoms with E-state index in [1.54, 1.807) is 0 Å². The zero-order valence-corrected chi connectivity index (χ0v) is 11.6. The standard InChI is InChI=1S/C16H23NO2/c1-2-13-7-6-10-15(11-13)17(12-16(18)19)14-8-4-3-5-9-14/h3-5,8-9,13,15H,2,6-7,10-12H2,1H3,(H,18,19). The van der Waals surface area contributed by atoms with Crippen LogP contribution in [-0.4, -0.2) is 23.7 Å². The fourth-order valence-electron chi connectivity index (χ4n) is 3.11. The van der Waals surface area contributed by atoms with Crippen molar-refractivity contribution in [3.8, 4) is 0 Å². The normalized spacial score (nSPS) is 23.0. The number of hydrogen-bond acceptors (Lipinski definition) is 2. The van der Waals surface area contributed by atoms with Crippen LogP contribution in [0.5, 0.6) is 0 Å². The number of para-hydroxylation sites is 1. The lowest BCUT2D eigenvalue weighted by molar-refractivity contribution is -0.135. The van der Waals surface area contributed by atoms with Crippen LogP contribution in [0.2, 0.25) is 0 Å². The highest BCUT2D eigenvalue weighted by atomic mass is 16.4. The van der Waals surface area contributed by atoms with Crippen LogP contribution in [0, 0.1) is 5.92 Å². The van der Waals surface area contributed by atoms with E-state index in [4.69, 9.17) is 5.11 Å². The number of carbonyl (C=O) groups is 1. The van der Waals surface area contributed by atoms with Gasteiger partial charge in [-0.25, -0.2) is 0 Å². The number of carboxylic acids is 1. The van der Waals surface area contributed by atoms with Gasteiger partial charge in [0.15, 0.2) is 0 Å². The predicted molar refractivity (Wildman–Crippen MR) is 77.5 cm³/mol. The number of carboxylic acid groups (broad SMARTS) is 1. The Kier molecular flexibility index (Phi) is 4.83. The molecule has 104 valence electrons. The zero-order valence-electron chi connectivity index (χ0n) is 11.6. The Balaban J connectivity index is 2.15. The molecule has 3 nitrogen and oxygen atoms in total. The molecule has 1 aliphatic rings. The van der Waals surface area contributed by atoms with Gasteiger partial charge in [-0.05, 0) is 30.9 Å². The third kappa shape index (κ3) is 3.72. The first-order valence-corrected chi connectivity index (χ1v) is 7.24. The molecule has 2 rings (SSSR count). The van der Waals surface area contributed by atoms with E-state index in [1.165, 1.54) is 19.3 Å². The van der Waals surface area contributed by atoms with Gasteiger partial charge in [0, 0.05) is 11.7 Å². The second-order valence-electron chi connectivity index (χ2n) is 5.45. The molecule has 1 fully saturated rings. The van der Waals surface area contributed by atoms with Crippen LogP contribution < -0.4 is 4.90 Å². The Morgan fingerprint density at radius 3 is 2.68 bits per heavy atom. The van der Waals surface area contributed by atoms with Crippen LogP contribution in [0.1, 0.15) is 39.0 Å². The minimum atomic E-state index is -0.748. The van der Waals surface area contributed by atoms with Gasteiger partial charge in [0.2, 0.25) is 0 Å². The summed E-state index contributed by atoms with van der Waals surface area (Å²) >= 11 is 0. The average molecular weight is 261 g/mol. The van der Waals surface area contributed by atoms with E-state index in [2.05, 4.69) is 11.8 Å². The van der Waals surface area contributed by atoms with E-state index in [0.717, 1.165) is 24.4 Å². The Morgan fingerprint density at radius 1 is 1.32 bits per heavy atom. The molecule has 1 aliphatic carbocycles. The molecule has 1 aromatic carbocycles. The number of aliphatic carboxylic acids is 1. The van der Waals surface area contributed by atoms with Crippen LogP contribution in [0.3, 0.4) is 0 Å². The highest BCUT2D eigenvalue weighted by molar-refractivity contribution is 5.74. The maximum absolute atomic E-state index is 11.1. The van der Waals surface area contributed by atoms with Crippen LogP contribution >= 0.6 is 0 Å². The van der Waals surface area contributed by atoms with Crippen molar-refractivity contribution in [2.24, 2.45) is 5.92 Å². The van der Waals surface area contributed by atoms with Gasteiger partial charge < -0.3 is 10.0 Å². The van der Waals surface area contributed by atoms with Crippen LogP contribution in [0.15, 0.2) is 30.3 Å². The summed E-state index contributed by atoms with van der Waals surface area (Å²) in [5.41, 5.74) is 1.03. The maximum Gasteiger partial charge on any atom is 0.323 e. The zero-order chi connectivity index (χ0) is 13.7. The van der Waals surface area contributed by atoms with Crippen molar-refractivity contribution in [1.29, 1.82) is 0 Å². The third-order valence-corrected chi connectivity index (χ3v) is 4.17. The third-order valence-electron chi connectivity index (χ3n) is 4.17. The van der Waals surface area contributed by atoms with E-state index < -0.39 is 5.97 Å². The number of anilines is 1. The summed E-state index contributed by atoms with van der Waals surface area (Å²) in [5.74, 6) is 0.00114. The van der Waals surface area contributed by atoms with Crippen LogP contribution in [0.4, 0.5) is 5.69 Å². The van der Waals surface area contributed by atoms with Crippen LogP contribution in [-0.2, 0) is 4.79 Å². The molecule has 0 spiro atoms. The molecular weight excluding hydrogens is 238 g/mol. The quantitative estimate of drug-likeness (QED) is 0.881. The molecule has 19 heavy (non-hydrogen) atoms. The molecule has 1 N–H and O–H groups in total. The summed E-state index contributed by atoms with van der Waals surface area (Å²) in [7, 11) is 0. The Labute approximate surface area is 115 Å². The largest absolute Gasteiger partial charge is 0.480 e. The van der Waals surface area contributed by atoms with Crippen molar-refractivity contribution in [2.75, 3.05) is 11.4 Å². The van der Waals surface area contributed by atoms with Gasteiger partial charge in [-0.2, -0.15) is 0 Å². The fraction of sp³-hybridized carbons (Fsp3) is 0.562. The Morgan fingerprint density at radius 2 is 2.05 bits per heavy atom. The smallest absolute Gasteiger partial charge is 0.323 e. The molecule has 0 saturated heterocycles. The lowest BCUT2D eigenvalue weighted by Gasteiger charge is -2.38. The van der Waals surface area contributed by atoms with Crippen molar-refractivity contribution < 1.29 is 9.90 Å². The van der Waals surface area contributed by atoms with Crippen molar-refractivity contribution in [1.82, 2.24) is 0 Å².